The standard InChI is InChI=1S/C7H6O2.2K.H2O4S/c1-5-3-2-4-6(5)7(8)9;;;1-5(2,3)4/h2-4H,1H2,(H,8,9);;;(H2,1,2,3,4)/q;2*+1;/p-2. The molecular weight excluding hydrogens is 290 g/mol. The van der Waals surface area contributed by atoms with Gasteiger partial charge in [0, 0.05) is 10.4 Å². The molecule has 0 saturated heterocycles. The van der Waals surface area contributed by atoms with Gasteiger partial charge in [0.15, 0.2) is 0 Å². The first-order valence-corrected chi connectivity index (χ1v) is 4.53. The smallest absolute Gasteiger partial charge is 0.759 e. The normalized spacial score (nSPS) is 12.6. The van der Waals surface area contributed by atoms with Gasteiger partial charge in [-0.1, -0.05) is 18.7 Å². The molecule has 1 aliphatic rings. The van der Waals surface area contributed by atoms with Crippen molar-refractivity contribution in [3.05, 3.63) is 36.0 Å². The molecule has 0 bridgehead atoms. The fourth-order valence-corrected chi connectivity index (χ4v) is 0.666. The Hall–Kier alpha value is 1.83. The summed E-state index contributed by atoms with van der Waals surface area (Å²) in [5.41, 5.74) is 0.859. The zero-order valence-electron chi connectivity index (χ0n) is 8.84. The number of carboxylic acids is 1. The molecule has 0 aromatic rings. The zero-order valence-corrected chi connectivity index (χ0v) is 15.9. The molecule has 0 saturated carbocycles. The Morgan fingerprint density at radius 2 is 1.69 bits per heavy atom. The second-order valence-corrected chi connectivity index (χ2v) is 2.99. The largest absolute Gasteiger partial charge is 1.00 e. The second-order valence-electron chi connectivity index (χ2n) is 2.18. The molecule has 0 unspecified atom stereocenters. The summed E-state index contributed by atoms with van der Waals surface area (Å²) in [7, 11) is -5.17. The Balaban J connectivity index is -0.000000214. The summed E-state index contributed by atoms with van der Waals surface area (Å²) >= 11 is 0. The van der Waals surface area contributed by atoms with Crippen LogP contribution in [-0.2, 0) is 15.2 Å². The zero-order chi connectivity index (χ0) is 11.4. The number of carbonyl (C=O) groups is 1. The van der Waals surface area contributed by atoms with Crippen LogP contribution >= 0.6 is 0 Å². The van der Waals surface area contributed by atoms with Gasteiger partial charge in [-0.05, 0) is 11.6 Å². The van der Waals surface area contributed by atoms with Gasteiger partial charge in [0.05, 0.1) is 5.57 Å². The van der Waals surface area contributed by atoms with Crippen LogP contribution in [0.1, 0.15) is 0 Å². The number of hydrogen-bond acceptors (Lipinski definition) is 5. The molecule has 16 heavy (non-hydrogen) atoms. The van der Waals surface area contributed by atoms with E-state index in [0.717, 1.165) is 0 Å². The molecule has 1 aliphatic carbocycles. The maximum absolute atomic E-state index is 10.2. The minimum absolute atomic E-state index is 0. The molecule has 1 N–H and O–H groups in total. The van der Waals surface area contributed by atoms with Crippen molar-refractivity contribution in [3.63, 3.8) is 0 Å². The van der Waals surface area contributed by atoms with Gasteiger partial charge in [0.1, 0.15) is 0 Å². The van der Waals surface area contributed by atoms with Gasteiger partial charge in [-0.2, -0.15) is 0 Å². The number of carboxylic acid groups (broad SMARTS) is 1. The van der Waals surface area contributed by atoms with Gasteiger partial charge in [-0.15, -0.1) is 0 Å². The molecule has 78 valence electrons. The summed E-state index contributed by atoms with van der Waals surface area (Å²) in [6.07, 6.45) is 4.87. The molecule has 6 nitrogen and oxygen atoms in total. The van der Waals surface area contributed by atoms with Crippen molar-refractivity contribution in [2.75, 3.05) is 0 Å². The van der Waals surface area contributed by atoms with Crippen molar-refractivity contribution in [2.45, 2.75) is 0 Å². The summed E-state index contributed by atoms with van der Waals surface area (Å²) < 4.78 is 34.1. The van der Waals surface area contributed by atoms with Crippen LogP contribution < -0.4 is 103 Å². The van der Waals surface area contributed by atoms with E-state index in [1.165, 1.54) is 6.08 Å². The molecule has 0 atom stereocenters. The first-order chi connectivity index (χ1) is 6.22. The average Bonchev–Trinajstić information content (AvgIpc) is 2.30. The predicted octanol–water partition coefficient (Wildman–Crippen LogP) is -6.21. The van der Waals surface area contributed by atoms with Gasteiger partial charge < -0.3 is 14.2 Å². The number of rotatable bonds is 1. The quantitative estimate of drug-likeness (QED) is 0.292. The summed E-state index contributed by atoms with van der Waals surface area (Å²) in [6, 6.07) is 0. The van der Waals surface area contributed by atoms with Crippen LogP contribution in [0.5, 0.6) is 0 Å². The molecule has 0 aliphatic heterocycles. The van der Waals surface area contributed by atoms with Crippen LogP contribution in [0, 0.1) is 0 Å². The van der Waals surface area contributed by atoms with Crippen molar-refractivity contribution < 1.29 is 130 Å². The Labute approximate surface area is 178 Å². The minimum Gasteiger partial charge on any atom is -0.759 e. The number of aliphatic carboxylic acids is 1. The first kappa shape index (κ1) is 23.0. The van der Waals surface area contributed by atoms with Crippen molar-refractivity contribution in [1.82, 2.24) is 0 Å². The van der Waals surface area contributed by atoms with E-state index in [1.54, 1.807) is 12.2 Å². The van der Waals surface area contributed by atoms with Gasteiger partial charge in [0.25, 0.3) is 0 Å². The monoisotopic (exact) mass is 296 g/mol. The third kappa shape index (κ3) is 13.9. The Bertz CT molecular complexity index is 401. The van der Waals surface area contributed by atoms with Crippen molar-refractivity contribution >= 4 is 16.4 Å². The van der Waals surface area contributed by atoms with Crippen LogP contribution in [0.4, 0.5) is 0 Å². The van der Waals surface area contributed by atoms with Crippen LogP contribution in [0.25, 0.3) is 0 Å². The Morgan fingerprint density at radius 3 is 1.81 bits per heavy atom. The van der Waals surface area contributed by atoms with E-state index in [0.29, 0.717) is 5.57 Å². The first-order valence-electron chi connectivity index (χ1n) is 3.19. The van der Waals surface area contributed by atoms with Gasteiger partial charge >= 0.3 is 109 Å². The fourth-order valence-electron chi connectivity index (χ4n) is 0.666. The Morgan fingerprint density at radius 1 is 1.31 bits per heavy atom. The van der Waals surface area contributed by atoms with Crippen molar-refractivity contribution in [1.29, 1.82) is 0 Å². The van der Waals surface area contributed by atoms with E-state index < -0.39 is 16.4 Å². The summed E-state index contributed by atoms with van der Waals surface area (Å²) in [4.78, 5) is 10.2. The van der Waals surface area contributed by atoms with Gasteiger partial charge in [-0.3, -0.25) is 8.42 Å². The molecule has 0 aromatic heterocycles. The summed E-state index contributed by atoms with van der Waals surface area (Å²) in [6.45, 7) is 3.52. The van der Waals surface area contributed by atoms with Crippen molar-refractivity contribution in [3.8, 4) is 0 Å². The van der Waals surface area contributed by atoms with Crippen molar-refractivity contribution in [2.24, 2.45) is 0 Å². The molecule has 0 aromatic carbocycles. The average molecular weight is 296 g/mol. The van der Waals surface area contributed by atoms with Gasteiger partial charge in [-0.25, -0.2) is 4.79 Å². The summed E-state index contributed by atoms with van der Waals surface area (Å²) in [5, 5.41) is 8.41. The van der Waals surface area contributed by atoms with E-state index in [1.807, 2.05) is 0 Å². The third-order valence-corrected chi connectivity index (χ3v) is 1.14. The topological polar surface area (TPSA) is 118 Å². The fraction of sp³-hybridized carbons (Fsp3) is 0. The molecule has 0 radical (unpaired) electrons. The molecule has 0 fully saturated rings. The molecule has 9 heteroatoms. The third-order valence-electron chi connectivity index (χ3n) is 1.14. The van der Waals surface area contributed by atoms with E-state index >= 15 is 0 Å². The van der Waals surface area contributed by atoms with E-state index in [-0.39, 0.29) is 108 Å². The molecule has 0 heterocycles. The van der Waals surface area contributed by atoms with Crippen LogP contribution in [-0.4, -0.2) is 28.6 Å². The number of allylic oxidation sites excluding steroid dienone is 3. The Kier molecular flexibility index (Phi) is 15.4. The predicted molar refractivity (Wildman–Crippen MR) is 44.5 cm³/mol. The number of hydrogen-bond donors (Lipinski definition) is 1. The summed E-state index contributed by atoms with van der Waals surface area (Å²) in [5.74, 6) is -0.912. The molecule has 0 spiro atoms. The van der Waals surface area contributed by atoms with Crippen LogP contribution in [0.3, 0.4) is 0 Å². The van der Waals surface area contributed by atoms with E-state index in [9.17, 15) is 4.79 Å². The SMILES string of the molecule is C=C1C=CC=C1C(=O)O.O=S(=O)([O-])[O-].[K+].[K+]. The molecular formula is C7H6K2O6S. The maximum Gasteiger partial charge on any atom is 1.00 e. The van der Waals surface area contributed by atoms with Gasteiger partial charge in [0.2, 0.25) is 0 Å². The van der Waals surface area contributed by atoms with Crippen LogP contribution in [0.2, 0.25) is 0 Å². The van der Waals surface area contributed by atoms with E-state index in [2.05, 4.69) is 6.58 Å². The molecule has 0 amide bonds. The van der Waals surface area contributed by atoms with Crippen LogP contribution in [0.15, 0.2) is 36.0 Å². The maximum atomic E-state index is 10.2. The van der Waals surface area contributed by atoms with E-state index in [4.69, 9.17) is 22.6 Å². The second kappa shape index (κ2) is 10.7. The molecule has 1 rings (SSSR count). The minimum atomic E-state index is -5.17.